The highest BCUT2D eigenvalue weighted by molar-refractivity contribution is 7.89. The smallest absolute Gasteiger partial charge is 0.251 e. The second-order valence-corrected chi connectivity index (χ2v) is 7.21. The molecule has 134 valence electrons. The zero-order chi connectivity index (χ0) is 18.4. The van der Waals surface area contributed by atoms with Gasteiger partial charge < -0.3 is 10.1 Å². The molecule has 0 atom stereocenters. The monoisotopic (exact) mass is 363 g/mol. The molecule has 2 aromatic rings. The van der Waals surface area contributed by atoms with E-state index in [2.05, 4.69) is 15.0 Å². The van der Waals surface area contributed by atoms with Gasteiger partial charge in [0.25, 0.3) is 5.91 Å². The van der Waals surface area contributed by atoms with Gasteiger partial charge in [-0.25, -0.2) is 13.1 Å². The number of sulfonamides is 1. The molecule has 0 saturated carbocycles. The Bertz CT molecular complexity index is 852. The number of aryl methyl sites for hydroxylation is 2. The van der Waals surface area contributed by atoms with Gasteiger partial charge in [0.2, 0.25) is 10.0 Å². The SMILES string of the molecule is COc1cc(C)c(C)cc1S(=O)(=O)NCCNC(=O)c1ccncc1. The maximum atomic E-state index is 12.5. The number of benzene rings is 1. The van der Waals surface area contributed by atoms with E-state index in [4.69, 9.17) is 4.74 Å². The lowest BCUT2D eigenvalue weighted by atomic mass is 10.1. The molecule has 0 aliphatic rings. The van der Waals surface area contributed by atoms with Crippen LogP contribution in [0.15, 0.2) is 41.6 Å². The van der Waals surface area contributed by atoms with Crippen LogP contribution in [0.5, 0.6) is 5.75 Å². The van der Waals surface area contributed by atoms with Crippen molar-refractivity contribution in [1.82, 2.24) is 15.0 Å². The van der Waals surface area contributed by atoms with Crippen LogP contribution in [-0.4, -0.2) is 39.5 Å². The molecule has 0 unspecified atom stereocenters. The number of pyridine rings is 1. The number of amides is 1. The minimum Gasteiger partial charge on any atom is -0.495 e. The van der Waals surface area contributed by atoms with Crippen LogP contribution in [0.3, 0.4) is 0 Å². The van der Waals surface area contributed by atoms with Gasteiger partial charge in [-0.15, -0.1) is 0 Å². The first-order valence-corrected chi connectivity index (χ1v) is 9.16. The van der Waals surface area contributed by atoms with Crippen molar-refractivity contribution in [2.24, 2.45) is 0 Å². The van der Waals surface area contributed by atoms with Crippen LogP contribution in [-0.2, 0) is 10.0 Å². The molecule has 0 aliphatic carbocycles. The molecule has 25 heavy (non-hydrogen) atoms. The van der Waals surface area contributed by atoms with Gasteiger partial charge in [0, 0.05) is 31.0 Å². The first kappa shape index (κ1) is 18.9. The standard InChI is InChI=1S/C17H21N3O4S/c1-12-10-15(24-3)16(11-13(12)2)25(22,23)20-9-8-19-17(21)14-4-6-18-7-5-14/h4-7,10-11,20H,8-9H2,1-3H3,(H,19,21). The molecule has 2 N–H and O–H groups in total. The Morgan fingerprint density at radius 2 is 1.76 bits per heavy atom. The molecule has 0 bridgehead atoms. The van der Waals surface area contributed by atoms with E-state index in [1.165, 1.54) is 19.5 Å². The van der Waals surface area contributed by atoms with E-state index in [1.807, 2.05) is 13.8 Å². The normalized spacial score (nSPS) is 11.2. The third kappa shape index (κ3) is 4.77. The van der Waals surface area contributed by atoms with Crippen LogP contribution in [0, 0.1) is 13.8 Å². The summed E-state index contributed by atoms with van der Waals surface area (Å²) in [4.78, 5) is 15.8. The van der Waals surface area contributed by atoms with Crippen molar-refractivity contribution >= 4 is 15.9 Å². The molecule has 0 radical (unpaired) electrons. The topological polar surface area (TPSA) is 97.4 Å². The highest BCUT2D eigenvalue weighted by Gasteiger charge is 2.20. The van der Waals surface area contributed by atoms with Gasteiger partial charge in [0.1, 0.15) is 10.6 Å². The number of aromatic nitrogens is 1. The predicted octanol–water partition coefficient (Wildman–Crippen LogP) is 1.42. The van der Waals surface area contributed by atoms with Crippen LogP contribution in [0.1, 0.15) is 21.5 Å². The van der Waals surface area contributed by atoms with Gasteiger partial charge in [-0.05, 0) is 49.2 Å². The number of methoxy groups -OCH3 is 1. The minimum atomic E-state index is -3.74. The fourth-order valence-corrected chi connectivity index (χ4v) is 3.44. The third-order valence-corrected chi connectivity index (χ3v) is 5.20. The van der Waals surface area contributed by atoms with E-state index in [-0.39, 0.29) is 29.6 Å². The number of hydrogen-bond donors (Lipinski definition) is 2. The largest absolute Gasteiger partial charge is 0.495 e. The number of carbonyl (C=O) groups excluding carboxylic acids is 1. The lowest BCUT2D eigenvalue weighted by Gasteiger charge is -2.13. The lowest BCUT2D eigenvalue weighted by Crippen LogP contribution is -2.34. The number of rotatable bonds is 7. The van der Waals surface area contributed by atoms with Gasteiger partial charge in [-0.1, -0.05) is 0 Å². The first-order valence-electron chi connectivity index (χ1n) is 7.68. The van der Waals surface area contributed by atoms with E-state index in [0.29, 0.717) is 5.56 Å². The zero-order valence-electron chi connectivity index (χ0n) is 14.4. The second-order valence-electron chi connectivity index (χ2n) is 5.48. The summed E-state index contributed by atoms with van der Waals surface area (Å²) in [6.45, 7) is 3.95. The Morgan fingerprint density at radius 3 is 2.40 bits per heavy atom. The molecule has 1 amide bonds. The summed E-state index contributed by atoms with van der Waals surface area (Å²) >= 11 is 0. The van der Waals surface area contributed by atoms with Crippen molar-refractivity contribution in [2.75, 3.05) is 20.2 Å². The predicted molar refractivity (Wildman–Crippen MR) is 94.2 cm³/mol. The number of hydrogen-bond acceptors (Lipinski definition) is 5. The van der Waals surface area contributed by atoms with Crippen LogP contribution in [0.2, 0.25) is 0 Å². The quantitative estimate of drug-likeness (QED) is 0.725. The molecule has 8 heteroatoms. The summed E-state index contributed by atoms with van der Waals surface area (Å²) < 4.78 is 32.6. The third-order valence-electron chi connectivity index (χ3n) is 3.71. The molecular formula is C17H21N3O4S. The summed E-state index contributed by atoms with van der Waals surface area (Å²) in [5, 5.41) is 2.65. The van der Waals surface area contributed by atoms with E-state index in [0.717, 1.165) is 11.1 Å². The molecule has 1 aromatic heterocycles. The molecule has 1 aromatic carbocycles. The molecule has 0 fully saturated rings. The summed E-state index contributed by atoms with van der Waals surface area (Å²) in [5.74, 6) is 0.00165. The Morgan fingerprint density at radius 1 is 1.12 bits per heavy atom. The van der Waals surface area contributed by atoms with Gasteiger partial charge in [-0.3, -0.25) is 9.78 Å². The number of nitrogens with zero attached hydrogens (tertiary/aromatic N) is 1. The molecule has 0 saturated heterocycles. The Labute approximate surface area is 147 Å². The maximum Gasteiger partial charge on any atom is 0.251 e. The first-order chi connectivity index (χ1) is 11.8. The van der Waals surface area contributed by atoms with Gasteiger partial charge in [-0.2, -0.15) is 0 Å². The Hall–Kier alpha value is -2.45. The average molecular weight is 363 g/mol. The zero-order valence-corrected chi connectivity index (χ0v) is 15.2. The molecule has 0 aliphatic heterocycles. The van der Waals surface area contributed by atoms with Crippen molar-refractivity contribution < 1.29 is 17.9 Å². The average Bonchev–Trinajstić information content (AvgIpc) is 2.61. The van der Waals surface area contributed by atoms with Crippen LogP contribution >= 0.6 is 0 Å². The van der Waals surface area contributed by atoms with Crippen LogP contribution < -0.4 is 14.8 Å². The molecule has 0 spiro atoms. The van der Waals surface area contributed by atoms with Gasteiger partial charge in [0.05, 0.1) is 7.11 Å². The number of carbonyl (C=O) groups is 1. The fourth-order valence-electron chi connectivity index (χ4n) is 2.18. The van der Waals surface area contributed by atoms with Crippen molar-refractivity contribution in [3.63, 3.8) is 0 Å². The summed E-state index contributed by atoms with van der Waals surface area (Å²) in [6, 6.07) is 6.43. The summed E-state index contributed by atoms with van der Waals surface area (Å²) in [7, 11) is -2.31. The van der Waals surface area contributed by atoms with Crippen molar-refractivity contribution in [1.29, 1.82) is 0 Å². The van der Waals surface area contributed by atoms with E-state index < -0.39 is 10.0 Å². The minimum absolute atomic E-state index is 0.0647. The van der Waals surface area contributed by atoms with Crippen molar-refractivity contribution in [3.05, 3.63) is 53.3 Å². The van der Waals surface area contributed by atoms with Gasteiger partial charge >= 0.3 is 0 Å². The highest BCUT2D eigenvalue weighted by Crippen LogP contribution is 2.26. The maximum absolute atomic E-state index is 12.5. The van der Waals surface area contributed by atoms with Crippen LogP contribution in [0.4, 0.5) is 0 Å². The molecule has 2 rings (SSSR count). The fraction of sp³-hybridized carbons (Fsp3) is 0.294. The van der Waals surface area contributed by atoms with E-state index >= 15 is 0 Å². The van der Waals surface area contributed by atoms with Crippen molar-refractivity contribution in [3.8, 4) is 5.75 Å². The second kappa shape index (κ2) is 8.09. The number of nitrogens with one attached hydrogen (secondary N) is 2. The van der Waals surface area contributed by atoms with Crippen molar-refractivity contribution in [2.45, 2.75) is 18.7 Å². The molecule has 7 nitrogen and oxygen atoms in total. The van der Waals surface area contributed by atoms with E-state index in [9.17, 15) is 13.2 Å². The molecular weight excluding hydrogens is 342 g/mol. The number of ether oxygens (including phenoxy) is 1. The Kier molecular flexibility index (Phi) is 6.11. The summed E-state index contributed by atoms with van der Waals surface area (Å²) in [5.41, 5.74) is 2.27. The van der Waals surface area contributed by atoms with E-state index in [1.54, 1.807) is 24.3 Å². The highest BCUT2D eigenvalue weighted by atomic mass is 32.2. The lowest BCUT2D eigenvalue weighted by molar-refractivity contribution is 0.0954. The van der Waals surface area contributed by atoms with Crippen LogP contribution in [0.25, 0.3) is 0 Å². The Balaban J connectivity index is 1.98. The molecule has 1 heterocycles. The summed E-state index contributed by atoms with van der Waals surface area (Å²) in [6.07, 6.45) is 3.03. The van der Waals surface area contributed by atoms with Gasteiger partial charge in [0.15, 0.2) is 0 Å².